The fraction of sp³-hybridized carbons (Fsp3) is 0.125. The molecule has 1 atom stereocenters. The number of nitrogens with one attached hydrogen (secondary N) is 1. The molecule has 182 valence electrons. The van der Waals surface area contributed by atoms with Crippen molar-refractivity contribution >= 4 is 51.6 Å². The molecule has 12 heteroatoms. The van der Waals surface area contributed by atoms with E-state index in [1.165, 1.54) is 41.1 Å². The first-order valence-corrected chi connectivity index (χ1v) is 11.1. The number of carbonyl (C=O) groups excluding carboxylic acids is 2. The number of anilines is 1. The number of nitro benzene ring substituents is 1. The third-order valence-electron chi connectivity index (χ3n) is 5.01. The predicted molar refractivity (Wildman–Crippen MR) is 134 cm³/mol. The Morgan fingerprint density at radius 3 is 2.50 bits per heavy atom. The molecule has 0 fully saturated rings. The number of nitro groups is 1. The van der Waals surface area contributed by atoms with Crippen LogP contribution in [-0.2, 0) is 9.53 Å². The number of non-ortho nitro benzene ring substituents is 1. The smallest absolute Gasteiger partial charge is 0.343 e. The maximum Gasteiger partial charge on any atom is 0.343 e. The molecule has 0 saturated heterocycles. The molecule has 0 spiro atoms. The van der Waals surface area contributed by atoms with Gasteiger partial charge in [-0.1, -0.05) is 35.6 Å². The Kier molecular flexibility index (Phi) is 7.25. The number of rotatable bonds is 8. The molecule has 36 heavy (non-hydrogen) atoms. The molecule has 11 nitrogen and oxygen atoms in total. The minimum absolute atomic E-state index is 0.0432. The quantitative estimate of drug-likeness (QED) is 0.122. The van der Waals surface area contributed by atoms with Gasteiger partial charge in [0.15, 0.2) is 0 Å². The van der Waals surface area contributed by atoms with Crippen molar-refractivity contribution in [3.8, 4) is 5.75 Å². The Balaban J connectivity index is 1.61. The molecule has 0 amide bonds. The predicted octanol–water partition coefficient (Wildman–Crippen LogP) is 4.10. The van der Waals surface area contributed by atoms with Crippen LogP contribution in [0.2, 0.25) is 0 Å². The Morgan fingerprint density at radius 1 is 1.11 bits per heavy atom. The van der Waals surface area contributed by atoms with E-state index in [0.29, 0.717) is 22.5 Å². The zero-order chi connectivity index (χ0) is 25.7. The van der Waals surface area contributed by atoms with Gasteiger partial charge in [-0.25, -0.2) is 14.3 Å². The Bertz CT molecular complexity index is 1440. The maximum atomic E-state index is 12.8. The molecule has 1 heterocycles. The SMILES string of the molecule is CCOC(=O)C(C(=S)Nc1ccc([N+](=O)[O-])cc1)n1nnc2cc(C(=O)Oc3ccccc3)ccc21. The average Bonchev–Trinajstić information content (AvgIpc) is 3.28. The minimum Gasteiger partial charge on any atom is -0.464 e. The highest BCUT2D eigenvalue weighted by molar-refractivity contribution is 7.80. The molecular weight excluding hydrogens is 486 g/mol. The highest BCUT2D eigenvalue weighted by Gasteiger charge is 2.30. The van der Waals surface area contributed by atoms with Gasteiger partial charge in [-0.2, -0.15) is 0 Å². The third kappa shape index (κ3) is 5.33. The number of nitrogens with zero attached hydrogens (tertiary/aromatic N) is 4. The van der Waals surface area contributed by atoms with E-state index in [1.54, 1.807) is 37.3 Å². The summed E-state index contributed by atoms with van der Waals surface area (Å²) in [7, 11) is 0. The zero-order valence-electron chi connectivity index (χ0n) is 18.9. The van der Waals surface area contributed by atoms with Gasteiger partial charge >= 0.3 is 11.9 Å². The lowest BCUT2D eigenvalue weighted by Gasteiger charge is -2.18. The van der Waals surface area contributed by atoms with E-state index in [2.05, 4.69) is 15.6 Å². The van der Waals surface area contributed by atoms with E-state index in [4.69, 9.17) is 21.7 Å². The Morgan fingerprint density at radius 2 is 1.83 bits per heavy atom. The highest BCUT2D eigenvalue weighted by Crippen LogP contribution is 2.23. The number of para-hydroxylation sites is 1. The van der Waals surface area contributed by atoms with E-state index < -0.39 is 22.9 Å². The van der Waals surface area contributed by atoms with Crippen LogP contribution in [0.15, 0.2) is 72.8 Å². The van der Waals surface area contributed by atoms with Crippen molar-refractivity contribution in [1.82, 2.24) is 15.0 Å². The summed E-state index contributed by atoms with van der Waals surface area (Å²) in [6.07, 6.45) is 0. The van der Waals surface area contributed by atoms with Crippen molar-refractivity contribution in [2.75, 3.05) is 11.9 Å². The molecule has 0 aliphatic heterocycles. The van der Waals surface area contributed by atoms with Gasteiger partial charge in [0.1, 0.15) is 16.3 Å². The van der Waals surface area contributed by atoms with Gasteiger partial charge in [0, 0.05) is 17.8 Å². The summed E-state index contributed by atoms with van der Waals surface area (Å²) >= 11 is 5.47. The number of hydrogen-bond acceptors (Lipinski definition) is 9. The first-order valence-electron chi connectivity index (χ1n) is 10.7. The van der Waals surface area contributed by atoms with E-state index in [9.17, 15) is 19.7 Å². The van der Waals surface area contributed by atoms with E-state index >= 15 is 0 Å². The summed E-state index contributed by atoms with van der Waals surface area (Å²) in [6, 6.07) is 17.6. The van der Waals surface area contributed by atoms with Crippen LogP contribution in [0, 0.1) is 10.1 Å². The molecule has 0 saturated carbocycles. The fourth-order valence-corrected chi connectivity index (χ4v) is 3.64. The molecular formula is C24H19N5O6S. The van der Waals surface area contributed by atoms with Crippen molar-refractivity contribution in [3.05, 3.63) is 88.5 Å². The molecule has 0 bridgehead atoms. The van der Waals surface area contributed by atoms with Gasteiger partial charge in [-0.3, -0.25) is 10.1 Å². The first-order chi connectivity index (χ1) is 17.4. The Hall–Kier alpha value is -4.71. The lowest BCUT2D eigenvalue weighted by atomic mass is 10.2. The second-order valence-corrected chi connectivity index (χ2v) is 7.83. The molecule has 1 N–H and O–H groups in total. The zero-order valence-corrected chi connectivity index (χ0v) is 19.7. The molecule has 3 aromatic carbocycles. The van der Waals surface area contributed by atoms with Crippen LogP contribution in [0.3, 0.4) is 0 Å². The summed E-state index contributed by atoms with van der Waals surface area (Å²) < 4.78 is 11.8. The fourth-order valence-electron chi connectivity index (χ4n) is 3.33. The number of thiocarbonyl (C=S) groups is 1. The first kappa shape index (κ1) is 24.4. The third-order valence-corrected chi connectivity index (χ3v) is 5.33. The second-order valence-electron chi connectivity index (χ2n) is 7.39. The van der Waals surface area contributed by atoms with Crippen LogP contribution in [0.5, 0.6) is 5.75 Å². The largest absolute Gasteiger partial charge is 0.464 e. The van der Waals surface area contributed by atoms with Crippen molar-refractivity contribution in [2.24, 2.45) is 0 Å². The minimum atomic E-state index is -1.18. The Labute approximate surface area is 209 Å². The van der Waals surface area contributed by atoms with Gasteiger partial charge in [0.25, 0.3) is 5.69 Å². The lowest BCUT2D eigenvalue weighted by Crippen LogP contribution is -2.33. The molecule has 1 unspecified atom stereocenters. The van der Waals surface area contributed by atoms with Gasteiger partial charge in [0.2, 0.25) is 6.04 Å². The van der Waals surface area contributed by atoms with Crippen molar-refractivity contribution in [2.45, 2.75) is 13.0 Å². The lowest BCUT2D eigenvalue weighted by molar-refractivity contribution is -0.384. The molecule has 1 aromatic heterocycles. The summed E-state index contributed by atoms with van der Waals surface area (Å²) in [5.74, 6) is -0.845. The number of carbonyl (C=O) groups is 2. The molecule has 4 rings (SSSR count). The van der Waals surface area contributed by atoms with Crippen LogP contribution >= 0.6 is 12.2 Å². The molecule has 4 aromatic rings. The number of hydrogen-bond donors (Lipinski definition) is 1. The maximum absolute atomic E-state index is 12.8. The summed E-state index contributed by atoms with van der Waals surface area (Å²) in [5, 5.41) is 22.0. The number of benzene rings is 3. The van der Waals surface area contributed by atoms with Crippen LogP contribution in [-0.4, -0.2) is 43.5 Å². The molecule has 0 radical (unpaired) electrons. The summed E-state index contributed by atoms with van der Waals surface area (Å²) in [4.78, 5) is 35.8. The summed E-state index contributed by atoms with van der Waals surface area (Å²) in [6.45, 7) is 1.77. The van der Waals surface area contributed by atoms with Crippen molar-refractivity contribution in [1.29, 1.82) is 0 Å². The monoisotopic (exact) mass is 505 g/mol. The average molecular weight is 506 g/mol. The van der Waals surface area contributed by atoms with Gasteiger partial charge in [-0.05, 0) is 49.4 Å². The number of esters is 2. The van der Waals surface area contributed by atoms with Crippen LogP contribution in [0.1, 0.15) is 23.3 Å². The second kappa shape index (κ2) is 10.7. The topological polar surface area (TPSA) is 138 Å². The van der Waals surface area contributed by atoms with E-state index in [-0.39, 0.29) is 22.8 Å². The standard InChI is InChI=1S/C24H19N5O6S/c1-2-34-24(31)21(22(36)25-16-9-11-17(12-10-16)29(32)33)28-20-13-8-15(14-19(20)26-27-28)23(30)35-18-6-4-3-5-7-18/h3-14,21H,2H2,1H3,(H,25,36). The number of aromatic nitrogens is 3. The molecule has 0 aliphatic carbocycles. The number of ether oxygens (including phenoxy) is 2. The van der Waals surface area contributed by atoms with Crippen LogP contribution in [0.25, 0.3) is 11.0 Å². The normalized spacial score (nSPS) is 11.5. The van der Waals surface area contributed by atoms with Crippen LogP contribution in [0.4, 0.5) is 11.4 Å². The van der Waals surface area contributed by atoms with E-state index in [0.717, 1.165) is 0 Å². The molecule has 0 aliphatic rings. The van der Waals surface area contributed by atoms with Gasteiger partial charge in [0.05, 0.1) is 22.6 Å². The van der Waals surface area contributed by atoms with Crippen molar-refractivity contribution in [3.63, 3.8) is 0 Å². The van der Waals surface area contributed by atoms with Gasteiger partial charge in [-0.15, -0.1) is 5.10 Å². The highest BCUT2D eigenvalue weighted by atomic mass is 32.1. The van der Waals surface area contributed by atoms with Crippen LogP contribution < -0.4 is 10.1 Å². The van der Waals surface area contributed by atoms with E-state index in [1.807, 2.05) is 6.07 Å². The van der Waals surface area contributed by atoms with Gasteiger partial charge < -0.3 is 14.8 Å². The number of fused-ring (bicyclic) bond motifs is 1. The summed E-state index contributed by atoms with van der Waals surface area (Å²) in [5.41, 5.74) is 1.37. The van der Waals surface area contributed by atoms with Crippen molar-refractivity contribution < 1.29 is 24.0 Å².